The minimum absolute atomic E-state index is 0.0582. The van der Waals surface area contributed by atoms with Crippen molar-refractivity contribution in [2.75, 3.05) is 6.54 Å². The third kappa shape index (κ3) is 3.87. The van der Waals surface area contributed by atoms with Gasteiger partial charge in [0.05, 0.1) is 17.8 Å². The lowest BCUT2D eigenvalue weighted by molar-refractivity contribution is 0.116. The Bertz CT molecular complexity index is 1280. The summed E-state index contributed by atoms with van der Waals surface area (Å²) in [4.78, 5) is 16.5. The number of rotatable bonds is 5. The summed E-state index contributed by atoms with van der Waals surface area (Å²) in [6.07, 6.45) is -0.475. The zero-order valence-corrected chi connectivity index (χ0v) is 16.1. The van der Waals surface area contributed by atoms with Gasteiger partial charge in [0.1, 0.15) is 0 Å². The van der Waals surface area contributed by atoms with Crippen molar-refractivity contribution in [3.8, 4) is 22.9 Å². The zero-order valence-electron chi connectivity index (χ0n) is 16.1. The van der Waals surface area contributed by atoms with Crippen LogP contribution in [0, 0.1) is 0 Å². The van der Waals surface area contributed by atoms with Gasteiger partial charge >= 0.3 is 12.2 Å². The van der Waals surface area contributed by atoms with Gasteiger partial charge in [-0.2, -0.15) is 13.5 Å². The lowest BCUT2D eigenvalue weighted by atomic mass is 9.98. The predicted octanol–water partition coefficient (Wildman–Crippen LogP) is 2.58. The largest absolute Gasteiger partial charge is 0.437 e. The number of hydrogen-bond donors (Lipinski definition) is 1. The van der Waals surface area contributed by atoms with Gasteiger partial charge in [0.15, 0.2) is 0 Å². The van der Waals surface area contributed by atoms with Gasteiger partial charge in [-0.25, -0.2) is 4.79 Å². The predicted molar refractivity (Wildman–Crippen MR) is 103 cm³/mol. The molecule has 0 radical (unpaired) electrons. The van der Waals surface area contributed by atoms with Gasteiger partial charge in [-0.3, -0.25) is 4.98 Å². The van der Waals surface area contributed by atoms with Crippen LogP contribution in [0.5, 0.6) is 0 Å². The minimum atomic E-state index is -2.84. The van der Waals surface area contributed by atoms with Crippen molar-refractivity contribution in [3.63, 3.8) is 0 Å². The molecule has 0 fully saturated rings. The average Bonchev–Trinajstić information content (AvgIpc) is 3.42. The molecule has 0 amide bonds. The fraction of sp³-hybridized carbons (Fsp3) is 0.250. The van der Waals surface area contributed by atoms with Crippen LogP contribution in [0.25, 0.3) is 22.9 Å². The van der Waals surface area contributed by atoms with Gasteiger partial charge in [0.25, 0.3) is 5.89 Å². The molecule has 0 atom stereocenters. The lowest BCUT2D eigenvalue weighted by Gasteiger charge is -2.17. The van der Waals surface area contributed by atoms with Gasteiger partial charge in [-0.15, -0.1) is 15.3 Å². The number of fused-ring (bicyclic) bond motifs is 1. The molecular weight excluding hydrogens is 410 g/mol. The van der Waals surface area contributed by atoms with E-state index in [0.29, 0.717) is 11.3 Å². The van der Waals surface area contributed by atoms with Crippen LogP contribution in [-0.2, 0) is 19.5 Å². The summed E-state index contributed by atoms with van der Waals surface area (Å²) in [5.74, 6) is -1.17. The molecule has 5 rings (SSSR count). The summed E-state index contributed by atoms with van der Waals surface area (Å²) >= 11 is 0. The molecule has 0 bridgehead atoms. The van der Waals surface area contributed by atoms with E-state index in [2.05, 4.69) is 25.6 Å². The number of nitrogens with zero attached hydrogens (tertiary/aromatic N) is 5. The smallest absolute Gasteiger partial charge is 0.415 e. The fourth-order valence-electron chi connectivity index (χ4n) is 3.37. The summed E-state index contributed by atoms with van der Waals surface area (Å²) in [5, 5.41) is 14.5. The quantitative estimate of drug-likeness (QED) is 0.518. The molecule has 158 valence electrons. The Morgan fingerprint density at radius 2 is 1.94 bits per heavy atom. The zero-order chi connectivity index (χ0) is 21.4. The molecule has 9 nitrogen and oxygen atoms in total. The van der Waals surface area contributed by atoms with Crippen LogP contribution < -0.4 is 11.1 Å². The summed E-state index contributed by atoms with van der Waals surface area (Å²) in [7, 11) is 0. The Labute approximate surface area is 173 Å². The third-order valence-corrected chi connectivity index (χ3v) is 4.96. The standard InChI is InChI=1S/C20H16F2N6O3/c21-16(22)19-26-25-17(30-19)13-3-4-15(24-9-13)10-28-20(29)31-18(27-28)12-2-1-11-5-6-23-8-14(11)7-12/h1-4,7,9,16,23H,5-6,8,10H2. The van der Waals surface area contributed by atoms with E-state index in [1.54, 1.807) is 12.1 Å². The van der Waals surface area contributed by atoms with Crippen molar-refractivity contribution < 1.29 is 17.6 Å². The van der Waals surface area contributed by atoms with Gasteiger partial charge in [0.2, 0.25) is 11.8 Å². The Morgan fingerprint density at radius 1 is 1.06 bits per heavy atom. The third-order valence-electron chi connectivity index (χ3n) is 4.96. The molecule has 0 unspecified atom stereocenters. The van der Waals surface area contributed by atoms with Crippen molar-refractivity contribution in [1.82, 2.24) is 30.3 Å². The first-order valence-electron chi connectivity index (χ1n) is 9.54. The Morgan fingerprint density at radius 3 is 2.71 bits per heavy atom. The topological polar surface area (TPSA) is 112 Å². The van der Waals surface area contributed by atoms with Gasteiger partial charge in [-0.05, 0) is 48.4 Å². The minimum Gasteiger partial charge on any atom is -0.415 e. The van der Waals surface area contributed by atoms with E-state index in [0.717, 1.165) is 30.6 Å². The van der Waals surface area contributed by atoms with E-state index in [-0.39, 0.29) is 18.3 Å². The Hall–Kier alpha value is -3.73. The number of pyridine rings is 1. The molecular formula is C20H16F2N6O3. The van der Waals surface area contributed by atoms with Crippen molar-refractivity contribution >= 4 is 0 Å². The highest BCUT2D eigenvalue weighted by Crippen LogP contribution is 2.24. The molecule has 1 aliphatic rings. The molecule has 3 aromatic heterocycles. The molecule has 0 saturated carbocycles. The molecule has 11 heteroatoms. The van der Waals surface area contributed by atoms with Crippen LogP contribution >= 0.6 is 0 Å². The van der Waals surface area contributed by atoms with E-state index in [1.807, 2.05) is 18.2 Å². The summed E-state index contributed by atoms with van der Waals surface area (Å²) in [5.41, 5.74) is 4.07. The molecule has 0 spiro atoms. The maximum Gasteiger partial charge on any atom is 0.437 e. The van der Waals surface area contributed by atoms with Crippen molar-refractivity contribution in [2.24, 2.45) is 0 Å². The summed E-state index contributed by atoms with van der Waals surface area (Å²) in [6, 6.07) is 9.11. The first kappa shape index (κ1) is 19.2. The second-order valence-corrected chi connectivity index (χ2v) is 7.03. The first-order chi connectivity index (χ1) is 15.1. The SMILES string of the molecule is O=c1oc(-c2ccc3c(c2)CNCC3)nn1Cc1ccc(-c2nnc(C(F)F)o2)cn1. The van der Waals surface area contributed by atoms with Crippen LogP contribution in [0.2, 0.25) is 0 Å². The molecule has 1 N–H and O–H groups in total. The van der Waals surface area contributed by atoms with Crippen LogP contribution in [0.4, 0.5) is 8.78 Å². The monoisotopic (exact) mass is 426 g/mol. The van der Waals surface area contributed by atoms with Crippen LogP contribution in [-0.4, -0.2) is 31.5 Å². The van der Waals surface area contributed by atoms with E-state index >= 15 is 0 Å². The van der Waals surface area contributed by atoms with Crippen LogP contribution in [0.3, 0.4) is 0 Å². The lowest BCUT2D eigenvalue weighted by Crippen LogP contribution is -2.23. The Balaban J connectivity index is 1.35. The molecule has 4 aromatic rings. The average molecular weight is 426 g/mol. The van der Waals surface area contributed by atoms with Crippen LogP contribution in [0.15, 0.2) is 50.2 Å². The normalized spacial score (nSPS) is 13.5. The second kappa shape index (κ2) is 7.84. The number of alkyl halides is 2. The highest BCUT2D eigenvalue weighted by Gasteiger charge is 2.18. The van der Waals surface area contributed by atoms with E-state index in [9.17, 15) is 13.6 Å². The number of aromatic nitrogens is 5. The van der Waals surface area contributed by atoms with Crippen molar-refractivity contribution in [2.45, 2.75) is 25.9 Å². The molecule has 1 aromatic carbocycles. The number of benzene rings is 1. The highest BCUT2D eigenvalue weighted by atomic mass is 19.3. The molecule has 4 heterocycles. The van der Waals surface area contributed by atoms with E-state index in [4.69, 9.17) is 8.83 Å². The number of halogens is 2. The first-order valence-corrected chi connectivity index (χ1v) is 9.54. The van der Waals surface area contributed by atoms with Crippen molar-refractivity contribution in [3.05, 3.63) is 69.8 Å². The summed E-state index contributed by atoms with van der Waals surface area (Å²) < 4.78 is 36.6. The van der Waals surface area contributed by atoms with Gasteiger partial charge < -0.3 is 14.2 Å². The molecule has 0 aliphatic carbocycles. The fourth-order valence-corrected chi connectivity index (χ4v) is 3.37. The van der Waals surface area contributed by atoms with Gasteiger partial charge in [-0.1, -0.05) is 6.07 Å². The highest BCUT2D eigenvalue weighted by molar-refractivity contribution is 5.56. The van der Waals surface area contributed by atoms with Crippen molar-refractivity contribution in [1.29, 1.82) is 0 Å². The maximum atomic E-state index is 12.6. The van der Waals surface area contributed by atoms with Gasteiger partial charge in [0, 0.05) is 18.3 Å². The second-order valence-electron chi connectivity index (χ2n) is 7.03. The molecule has 31 heavy (non-hydrogen) atoms. The van der Waals surface area contributed by atoms with E-state index < -0.39 is 18.1 Å². The molecule has 1 aliphatic heterocycles. The number of nitrogens with one attached hydrogen (secondary N) is 1. The summed E-state index contributed by atoms with van der Waals surface area (Å²) in [6.45, 7) is 1.80. The van der Waals surface area contributed by atoms with E-state index in [1.165, 1.54) is 16.4 Å². The molecule has 0 saturated heterocycles. The maximum absolute atomic E-state index is 12.6. The number of hydrogen-bond acceptors (Lipinski definition) is 8. The van der Waals surface area contributed by atoms with Crippen LogP contribution in [0.1, 0.15) is 29.1 Å². The Kier molecular flexibility index (Phi) is 4.86.